The quantitative estimate of drug-likeness (QED) is 0.378. The fourth-order valence-electron chi connectivity index (χ4n) is 4.23. The zero-order valence-corrected chi connectivity index (χ0v) is 20.5. The Morgan fingerprint density at radius 2 is 1.91 bits per heavy atom. The number of carbonyl (C=O) groups is 1. The predicted molar refractivity (Wildman–Crippen MR) is 130 cm³/mol. The maximum absolute atomic E-state index is 13.5. The molecule has 0 bridgehead atoms. The molecule has 0 spiro atoms. The summed E-state index contributed by atoms with van der Waals surface area (Å²) in [6.45, 7) is 0. The number of anilines is 1. The molecule has 1 saturated carbocycles. The van der Waals surface area contributed by atoms with Crippen molar-refractivity contribution in [3.63, 3.8) is 0 Å². The summed E-state index contributed by atoms with van der Waals surface area (Å²) in [5, 5.41) is 4.15. The number of aromatic nitrogens is 1. The maximum Gasteiger partial charge on any atom is 0.433 e. The average molecular weight is 514 g/mol. The van der Waals surface area contributed by atoms with E-state index in [2.05, 4.69) is 10.3 Å². The van der Waals surface area contributed by atoms with Crippen LogP contribution in [0.25, 0.3) is 10.9 Å². The molecule has 0 unspecified atom stereocenters. The molecule has 10 heteroatoms. The second-order valence-corrected chi connectivity index (χ2v) is 10.7. The number of carbonyl (C=O) groups excluding carboxylic acids is 1. The zero-order valence-electron chi connectivity index (χ0n) is 18.1. The van der Waals surface area contributed by atoms with E-state index < -0.39 is 11.9 Å². The van der Waals surface area contributed by atoms with Gasteiger partial charge in [-0.05, 0) is 68.3 Å². The number of nitrogens with zero attached hydrogens (tertiary/aromatic N) is 2. The van der Waals surface area contributed by atoms with Crippen molar-refractivity contribution in [1.29, 1.82) is 0 Å². The van der Waals surface area contributed by atoms with Gasteiger partial charge in [0, 0.05) is 35.2 Å². The number of rotatable bonds is 5. The molecule has 0 saturated heterocycles. The fourth-order valence-corrected chi connectivity index (χ4v) is 5.85. The number of nitrogens with one attached hydrogen (secondary N) is 1. The van der Waals surface area contributed by atoms with Gasteiger partial charge in [-0.25, -0.2) is 4.98 Å². The van der Waals surface area contributed by atoms with E-state index in [4.69, 9.17) is 11.6 Å². The van der Waals surface area contributed by atoms with Gasteiger partial charge in [0.1, 0.15) is 5.69 Å². The summed E-state index contributed by atoms with van der Waals surface area (Å²) in [4.78, 5) is 18.9. The van der Waals surface area contributed by atoms with E-state index in [1.54, 1.807) is 23.9 Å². The second kappa shape index (κ2) is 9.72. The van der Waals surface area contributed by atoms with E-state index >= 15 is 0 Å². The van der Waals surface area contributed by atoms with Crippen molar-refractivity contribution in [2.24, 2.45) is 0 Å². The number of benzene rings is 1. The SMILES string of the molecule is CSc1ccc(C(=O)NC2CCC(N(C)c3cc(C(F)(F)F)nc4ccc(Cl)cc34)CC2)s1. The van der Waals surface area contributed by atoms with Crippen LogP contribution in [0, 0.1) is 0 Å². The number of pyridine rings is 1. The van der Waals surface area contributed by atoms with Crippen molar-refractivity contribution in [2.45, 2.75) is 48.2 Å². The Morgan fingerprint density at radius 1 is 1.18 bits per heavy atom. The zero-order chi connectivity index (χ0) is 23.8. The van der Waals surface area contributed by atoms with Gasteiger partial charge in [0.05, 0.1) is 14.6 Å². The summed E-state index contributed by atoms with van der Waals surface area (Å²) in [6, 6.07) is 9.71. The van der Waals surface area contributed by atoms with Gasteiger partial charge in [-0.1, -0.05) is 11.6 Å². The Kier molecular flexibility index (Phi) is 7.12. The average Bonchev–Trinajstić information content (AvgIpc) is 3.27. The van der Waals surface area contributed by atoms with Crippen molar-refractivity contribution in [1.82, 2.24) is 10.3 Å². The maximum atomic E-state index is 13.5. The van der Waals surface area contributed by atoms with Crippen molar-refractivity contribution in [3.8, 4) is 0 Å². The highest BCUT2D eigenvalue weighted by Crippen LogP contribution is 2.37. The predicted octanol–water partition coefficient (Wildman–Crippen LogP) is 6.87. The Balaban J connectivity index is 1.48. The number of hydrogen-bond acceptors (Lipinski definition) is 5. The van der Waals surface area contributed by atoms with Gasteiger partial charge in [-0.2, -0.15) is 13.2 Å². The van der Waals surface area contributed by atoms with Crippen LogP contribution in [0.2, 0.25) is 5.02 Å². The third-order valence-electron chi connectivity index (χ3n) is 6.01. The van der Waals surface area contributed by atoms with Crippen LogP contribution in [-0.4, -0.2) is 36.3 Å². The molecule has 176 valence electrons. The largest absolute Gasteiger partial charge is 0.433 e. The molecule has 0 radical (unpaired) electrons. The van der Waals surface area contributed by atoms with Crippen molar-refractivity contribution >= 4 is 57.2 Å². The number of thiophene rings is 1. The first-order valence-electron chi connectivity index (χ1n) is 10.5. The summed E-state index contributed by atoms with van der Waals surface area (Å²) in [7, 11) is 1.81. The van der Waals surface area contributed by atoms with Gasteiger partial charge in [0.2, 0.25) is 0 Å². The number of amides is 1. The number of hydrogen-bond donors (Lipinski definition) is 1. The van der Waals surface area contributed by atoms with E-state index in [0.29, 0.717) is 21.0 Å². The monoisotopic (exact) mass is 513 g/mol. The van der Waals surface area contributed by atoms with Crippen molar-refractivity contribution in [3.05, 3.63) is 52.0 Å². The minimum Gasteiger partial charge on any atom is -0.371 e. The number of alkyl halides is 3. The molecule has 0 atom stereocenters. The topological polar surface area (TPSA) is 45.2 Å². The van der Waals surface area contributed by atoms with Crippen LogP contribution in [0.15, 0.2) is 40.6 Å². The first-order valence-corrected chi connectivity index (χ1v) is 12.9. The van der Waals surface area contributed by atoms with E-state index in [-0.39, 0.29) is 23.5 Å². The van der Waals surface area contributed by atoms with Crippen LogP contribution in [0.3, 0.4) is 0 Å². The first kappa shape index (κ1) is 24.2. The van der Waals surface area contributed by atoms with Gasteiger partial charge in [-0.15, -0.1) is 23.1 Å². The molecule has 1 aromatic carbocycles. The summed E-state index contributed by atoms with van der Waals surface area (Å²) in [5.74, 6) is -0.0679. The highest BCUT2D eigenvalue weighted by molar-refractivity contribution is 8.00. The Hall–Kier alpha value is -1.97. The Morgan fingerprint density at radius 3 is 2.55 bits per heavy atom. The van der Waals surface area contributed by atoms with Crippen LogP contribution in [0.1, 0.15) is 41.0 Å². The lowest BCUT2D eigenvalue weighted by atomic mass is 9.89. The lowest BCUT2D eigenvalue weighted by Crippen LogP contribution is -2.42. The molecule has 1 fully saturated rings. The number of fused-ring (bicyclic) bond motifs is 1. The summed E-state index contributed by atoms with van der Waals surface area (Å²) < 4.78 is 41.5. The van der Waals surface area contributed by atoms with Gasteiger partial charge in [-0.3, -0.25) is 4.79 Å². The highest BCUT2D eigenvalue weighted by atomic mass is 35.5. The van der Waals surface area contributed by atoms with Crippen LogP contribution < -0.4 is 10.2 Å². The fraction of sp³-hybridized carbons (Fsp3) is 0.391. The van der Waals surface area contributed by atoms with E-state index in [1.807, 2.05) is 30.3 Å². The molecular formula is C23H23ClF3N3OS2. The minimum atomic E-state index is -4.54. The van der Waals surface area contributed by atoms with E-state index in [1.165, 1.54) is 17.4 Å². The lowest BCUT2D eigenvalue weighted by molar-refractivity contribution is -0.140. The Labute approximate surface area is 203 Å². The van der Waals surface area contributed by atoms with E-state index in [0.717, 1.165) is 36.0 Å². The third-order valence-corrected chi connectivity index (χ3v) is 8.41. The molecule has 2 heterocycles. The molecule has 33 heavy (non-hydrogen) atoms. The number of thioether (sulfide) groups is 1. The minimum absolute atomic E-state index is 0.0497. The first-order chi connectivity index (χ1) is 15.7. The molecule has 2 aromatic heterocycles. The van der Waals surface area contributed by atoms with Crippen molar-refractivity contribution < 1.29 is 18.0 Å². The molecule has 1 aliphatic carbocycles. The summed E-state index contributed by atoms with van der Waals surface area (Å²) in [5.41, 5.74) is -0.191. The van der Waals surface area contributed by atoms with Gasteiger partial charge in [0.15, 0.2) is 0 Å². The number of halogens is 4. The summed E-state index contributed by atoms with van der Waals surface area (Å²) >= 11 is 9.21. The molecule has 1 aliphatic rings. The smallest absolute Gasteiger partial charge is 0.371 e. The van der Waals surface area contributed by atoms with Gasteiger partial charge in [0.25, 0.3) is 5.91 Å². The van der Waals surface area contributed by atoms with Gasteiger partial charge >= 0.3 is 6.18 Å². The van der Waals surface area contributed by atoms with E-state index in [9.17, 15) is 18.0 Å². The highest BCUT2D eigenvalue weighted by Gasteiger charge is 2.35. The molecule has 1 amide bonds. The van der Waals surface area contributed by atoms with Crippen LogP contribution in [0.4, 0.5) is 18.9 Å². The third kappa shape index (κ3) is 5.41. The van der Waals surface area contributed by atoms with Gasteiger partial charge < -0.3 is 10.2 Å². The standard InChI is InChI=1S/C23H23ClF3N3OS2/c1-30(18-12-20(23(25,26)27)29-17-8-3-13(24)11-16(17)18)15-6-4-14(5-7-15)28-22(31)19-9-10-21(32-2)33-19/h3,8-12,14-15H,4-7H2,1-2H3,(H,28,31). The molecule has 0 aliphatic heterocycles. The van der Waals surface area contributed by atoms with Crippen molar-refractivity contribution in [2.75, 3.05) is 18.2 Å². The lowest BCUT2D eigenvalue weighted by Gasteiger charge is -2.37. The molecule has 4 rings (SSSR count). The summed E-state index contributed by atoms with van der Waals surface area (Å²) in [6.07, 6.45) is 0.475. The normalized spacial score (nSPS) is 19.0. The van der Waals surface area contributed by atoms with Crippen LogP contribution in [-0.2, 0) is 6.18 Å². The Bertz CT molecular complexity index is 1160. The molecule has 1 N–H and O–H groups in total. The molecular weight excluding hydrogens is 491 g/mol. The molecule has 3 aromatic rings. The second-order valence-electron chi connectivity index (χ2n) is 8.10. The van der Waals surface area contributed by atoms with Crippen LogP contribution >= 0.6 is 34.7 Å². The van der Waals surface area contributed by atoms with Crippen LogP contribution in [0.5, 0.6) is 0 Å². The molecule has 4 nitrogen and oxygen atoms in total.